The summed E-state index contributed by atoms with van der Waals surface area (Å²) >= 11 is 3.18. The molecule has 18 heavy (non-hydrogen) atoms. The topological polar surface area (TPSA) is 26.3 Å². The zero-order chi connectivity index (χ0) is 13.3. The summed E-state index contributed by atoms with van der Waals surface area (Å²) in [6.45, 7) is 2.74. The van der Waals surface area contributed by atoms with Crippen molar-refractivity contribution < 1.29 is 22.7 Å². The summed E-state index contributed by atoms with van der Waals surface area (Å²) in [5.74, 6) is -0.792. The first-order valence-electron chi connectivity index (χ1n) is 5.62. The predicted molar refractivity (Wildman–Crippen MR) is 66.6 cm³/mol. The summed E-state index contributed by atoms with van der Waals surface area (Å²) in [5.41, 5.74) is -1.91. The third-order valence-electron chi connectivity index (χ3n) is 2.99. The minimum absolute atomic E-state index is 0.403. The Morgan fingerprint density at radius 3 is 2.61 bits per heavy atom. The molecule has 0 N–H and O–H groups in total. The van der Waals surface area contributed by atoms with Gasteiger partial charge in [0.25, 0.3) is 0 Å². The predicted octanol–water partition coefficient (Wildman–Crippen LogP) is 3.38. The standard InChI is InChI=1S/C11H13F3O2S2/c1-6(11(12,13)14)10(15)16-9-5-17-7-3-2-4-8(7)18-9/h7-9H,1-5H2. The molecule has 7 heteroatoms. The molecular formula is C11H13F3O2S2. The smallest absolute Gasteiger partial charge is 0.422 e. The summed E-state index contributed by atoms with van der Waals surface area (Å²) in [5, 5.41) is 0.969. The molecule has 2 rings (SSSR count). The fraction of sp³-hybridized carbons (Fsp3) is 0.727. The number of rotatable bonds is 2. The van der Waals surface area contributed by atoms with Crippen molar-refractivity contribution in [2.75, 3.05) is 5.75 Å². The third kappa shape index (κ3) is 3.17. The minimum Gasteiger partial charge on any atom is -0.447 e. The monoisotopic (exact) mass is 298 g/mol. The number of thioether (sulfide) groups is 2. The molecule has 1 aliphatic carbocycles. The number of hydrogen-bond donors (Lipinski definition) is 0. The first-order valence-corrected chi connectivity index (χ1v) is 7.61. The molecular weight excluding hydrogens is 285 g/mol. The van der Waals surface area contributed by atoms with E-state index in [-0.39, 0.29) is 0 Å². The van der Waals surface area contributed by atoms with E-state index in [9.17, 15) is 18.0 Å². The highest BCUT2D eigenvalue weighted by Crippen LogP contribution is 2.45. The number of hydrogen-bond acceptors (Lipinski definition) is 4. The molecule has 2 aliphatic rings. The lowest BCUT2D eigenvalue weighted by Crippen LogP contribution is -2.31. The van der Waals surface area contributed by atoms with Gasteiger partial charge in [-0.1, -0.05) is 13.0 Å². The summed E-state index contributed by atoms with van der Waals surface area (Å²) in [7, 11) is 0. The average Bonchev–Trinajstić information content (AvgIpc) is 2.73. The minimum atomic E-state index is -4.71. The molecule has 0 amide bonds. The lowest BCUT2D eigenvalue weighted by Gasteiger charge is -2.30. The number of alkyl halides is 3. The number of carbonyl (C=O) groups excluding carboxylic acids is 1. The van der Waals surface area contributed by atoms with Gasteiger partial charge < -0.3 is 4.74 Å². The third-order valence-corrected chi connectivity index (χ3v) is 6.34. The normalized spacial score (nSPS) is 31.8. The first kappa shape index (κ1) is 14.1. The van der Waals surface area contributed by atoms with Gasteiger partial charge in [-0.15, -0.1) is 11.8 Å². The van der Waals surface area contributed by atoms with Crippen LogP contribution in [0, 0.1) is 0 Å². The van der Waals surface area contributed by atoms with Crippen LogP contribution in [0.2, 0.25) is 0 Å². The number of carbonyl (C=O) groups is 1. The molecule has 0 aromatic heterocycles. The summed E-state index contributed by atoms with van der Waals surface area (Å²) < 4.78 is 41.6. The number of ether oxygens (including phenoxy) is 1. The largest absolute Gasteiger partial charge is 0.447 e. The molecule has 0 aromatic rings. The molecule has 102 valence electrons. The number of halogens is 3. The second kappa shape index (κ2) is 5.36. The highest BCUT2D eigenvalue weighted by atomic mass is 32.2. The van der Waals surface area contributed by atoms with Crippen molar-refractivity contribution in [1.29, 1.82) is 0 Å². The Hall–Kier alpha value is -0.300. The van der Waals surface area contributed by atoms with Crippen LogP contribution in [-0.2, 0) is 9.53 Å². The molecule has 3 unspecified atom stereocenters. The van der Waals surface area contributed by atoms with E-state index in [2.05, 4.69) is 6.58 Å². The highest BCUT2D eigenvalue weighted by molar-refractivity contribution is 8.07. The quantitative estimate of drug-likeness (QED) is 0.577. The molecule has 3 atom stereocenters. The summed E-state index contributed by atoms with van der Waals surface area (Å²) in [6.07, 6.45) is -1.36. The van der Waals surface area contributed by atoms with Crippen molar-refractivity contribution in [1.82, 2.24) is 0 Å². The van der Waals surface area contributed by atoms with Gasteiger partial charge in [-0.05, 0) is 12.8 Å². The van der Waals surface area contributed by atoms with E-state index < -0.39 is 23.2 Å². The van der Waals surface area contributed by atoms with Crippen LogP contribution >= 0.6 is 23.5 Å². The Bertz CT molecular complexity index is 357. The van der Waals surface area contributed by atoms with Crippen LogP contribution in [-0.4, -0.2) is 33.8 Å². The second-order valence-corrected chi connectivity index (χ2v) is 6.96. The Morgan fingerprint density at radius 1 is 1.28 bits per heavy atom. The Kier molecular flexibility index (Phi) is 4.21. The van der Waals surface area contributed by atoms with Crippen molar-refractivity contribution in [2.24, 2.45) is 0 Å². The van der Waals surface area contributed by atoms with Crippen LogP contribution in [0.4, 0.5) is 13.2 Å². The molecule has 2 fully saturated rings. The fourth-order valence-electron chi connectivity index (χ4n) is 2.04. The Labute approximate surface area is 112 Å². The van der Waals surface area contributed by atoms with Crippen molar-refractivity contribution in [3.05, 3.63) is 12.2 Å². The summed E-state index contributed by atoms with van der Waals surface area (Å²) in [4.78, 5) is 11.3. The second-order valence-electron chi connectivity index (χ2n) is 4.29. The van der Waals surface area contributed by atoms with E-state index in [1.165, 1.54) is 11.8 Å². The highest BCUT2D eigenvalue weighted by Gasteiger charge is 2.41. The van der Waals surface area contributed by atoms with Crippen LogP contribution < -0.4 is 0 Å². The molecule has 0 radical (unpaired) electrons. The number of esters is 1. The van der Waals surface area contributed by atoms with Gasteiger partial charge in [0.05, 0.1) is 0 Å². The van der Waals surface area contributed by atoms with E-state index in [1.807, 2.05) is 0 Å². The maximum absolute atomic E-state index is 12.3. The van der Waals surface area contributed by atoms with Crippen LogP contribution in [0.1, 0.15) is 19.3 Å². The van der Waals surface area contributed by atoms with Gasteiger partial charge in [0, 0.05) is 16.3 Å². The van der Waals surface area contributed by atoms with E-state index >= 15 is 0 Å². The average molecular weight is 298 g/mol. The SMILES string of the molecule is C=C(C(=O)OC1CSC2CCCC2S1)C(F)(F)F. The molecule has 2 nitrogen and oxygen atoms in total. The van der Waals surface area contributed by atoms with E-state index in [1.54, 1.807) is 11.8 Å². The van der Waals surface area contributed by atoms with Crippen molar-refractivity contribution in [3.63, 3.8) is 0 Å². The van der Waals surface area contributed by atoms with Crippen molar-refractivity contribution in [2.45, 2.75) is 41.4 Å². The molecule has 1 saturated carbocycles. The Balaban J connectivity index is 1.87. The van der Waals surface area contributed by atoms with E-state index in [0.717, 1.165) is 19.3 Å². The van der Waals surface area contributed by atoms with Crippen molar-refractivity contribution >= 4 is 29.5 Å². The van der Waals surface area contributed by atoms with E-state index in [0.29, 0.717) is 16.3 Å². The van der Waals surface area contributed by atoms with Gasteiger partial charge in [-0.2, -0.15) is 24.9 Å². The zero-order valence-electron chi connectivity index (χ0n) is 9.53. The lowest BCUT2D eigenvalue weighted by atomic mass is 10.3. The van der Waals surface area contributed by atoms with Crippen LogP contribution in [0.25, 0.3) is 0 Å². The molecule has 0 aromatic carbocycles. The molecule has 1 saturated heterocycles. The van der Waals surface area contributed by atoms with Crippen LogP contribution in [0.5, 0.6) is 0 Å². The number of fused-ring (bicyclic) bond motifs is 1. The lowest BCUT2D eigenvalue weighted by molar-refractivity contribution is -0.151. The molecule has 1 heterocycles. The van der Waals surface area contributed by atoms with Gasteiger partial charge >= 0.3 is 12.1 Å². The van der Waals surface area contributed by atoms with Crippen LogP contribution in [0.3, 0.4) is 0 Å². The van der Waals surface area contributed by atoms with Gasteiger partial charge in [-0.25, -0.2) is 4.79 Å². The van der Waals surface area contributed by atoms with Crippen LogP contribution in [0.15, 0.2) is 12.2 Å². The maximum atomic E-state index is 12.3. The molecule has 1 aliphatic heterocycles. The van der Waals surface area contributed by atoms with Gasteiger partial charge in [0.15, 0.2) is 5.44 Å². The fourth-order valence-corrected chi connectivity index (χ4v) is 5.32. The molecule has 0 spiro atoms. The zero-order valence-corrected chi connectivity index (χ0v) is 11.2. The van der Waals surface area contributed by atoms with E-state index in [4.69, 9.17) is 4.74 Å². The van der Waals surface area contributed by atoms with Gasteiger partial charge in [0.1, 0.15) is 5.57 Å². The van der Waals surface area contributed by atoms with Crippen molar-refractivity contribution in [3.8, 4) is 0 Å². The first-order chi connectivity index (χ1) is 8.38. The summed E-state index contributed by atoms with van der Waals surface area (Å²) in [6, 6.07) is 0. The van der Waals surface area contributed by atoms with Gasteiger partial charge in [-0.3, -0.25) is 0 Å². The van der Waals surface area contributed by atoms with Gasteiger partial charge in [0.2, 0.25) is 0 Å². The maximum Gasteiger partial charge on any atom is 0.422 e. The Morgan fingerprint density at radius 2 is 1.94 bits per heavy atom. The molecule has 0 bridgehead atoms.